The highest BCUT2D eigenvalue weighted by molar-refractivity contribution is 5.50. The molecule has 1 aliphatic rings. The molecule has 118 valence electrons. The van der Waals surface area contributed by atoms with E-state index in [1.807, 2.05) is 0 Å². The van der Waals surface area contributed by atoms with Crippen molar-refractivity contribution in [3.63, 3.8) is 0 Å². The molecule has 0 spiro atoms. The first-order valence-electron chi connectivity index (χ1n) is 6.44. The van der Waals surface area contributed by atoms with Crippen LogP contribution in [0, 0.1) is 0 Å². The number of phenolic OH excluding ortho intramolecular Hbond substituents is 5. The number of hydrogen-bond donors (Lipinski definition) is 6. The van der Waals surface area contributed by atoms with Gasteiger partial charge in [-0.3, -0.25) is 0 Å². The predicted octanol–water partition coefficient (Wildman–Crippen LogP) is 1.20. The van der Waals surface area contributed by atoms with Crippen molar-refractivity contribution in [3.05, 3.63) is 35.9 Å². The highest BCUT2D eigenvalue weighted by Crippen LogP contribution is 2.36. The minimum Gasteiger partial charge on any atom is -0.508 e. The third kappa shape index (κ3) is 3.44. The van der Waals surface area contributed by atoms with Crippen molar-refractivity contribution in [3.8, 4) is 34.5 Å². The Morgan fingerprint density at radius 1 is 0.909 bits per heavy atom. The number of hydrogen-bond acceptors (Lipinski definition) is 7. The van der Waals surface area contributed by atoms with Crippen molar-refractivity contribution in [2.75, 3.05) is 6.61 Å². The van der Waals surface area contributed by atoms with E-state index in [2.05, 4.69) is 0 Å². The molecule has 1 aliphatic heterocycles. The molecule has 0 aromatic heterocycles. The first-order valence-corrected chi connectivity index (χ1v) is 6.44. The number of benzene rings is 2. The number of rotatable bonds is 0. The van der Waals surface area contributed by atoms with Gasteiger partial charge in [-0.05, 0) is 12.1 Å². The van der Waals surface area contributed by atoms with Crippen molar-refractivity contribution in [2.24, 2.45) is 0 Å². The lowest BCUT2D eigenvalue weighted by Gasteiger charge is -2.22. The van der Waals surface area contributed by atoms with Gasteiger partial charge in [0.15, 0.2) is 17.2 Å². The fourth-order valence-electron chi connectivity index (χ4n) is 1.95. The predicted molar refractivity (Wildman–Crippen MR) is 76.4 cm³/mol. The van der Waals surface area contributed by atoms with Crippen LogP contribution in [-0.2, 0) is 6.42 Å². The molecule has 2 aromatic carbocycles. The molecule has 0 saturated carbocycles. The first kappa shape index (κ1) is 15.6. The lowest BCUT2D eigenvalue weighted by molar-refractivity contribution is 0.0906. The molecule has 7 nitrogen and oxygen atoms in total. The van der Waals surface area contributed by atoms with Crippen LogP contribution in [0.3, 0.4) is 0 Å². The van der Waals surface area contributed by atoms with Crippen LogP contribution in [0.25, 0.3) is 0 Å². The molecule has 0 radical (unpaired) electrons. The van der Waals surface area contributed by atoms with Crippen LogP contribution >= 0.6 is 0 Å². The Labute approximate surface area is 125 Å². The average molecular weight is 308 g/mol. The molecule has 7 heteroatoms. The average Bonchev–Trinajstić information content (AvgIpc) is 2.46. The van der Waals surface area contributed by atoms with Crippen LogP contribution in [0.1, 0.15) is 5.56 Å². The summed E-state index contributed by atoms with van der Waals surface area (Å²) in [5.41, 5.74) is 0.552. The van der Waals surface area contributed by atoms with Crippen LogP contribution in [0.5, 0.6) is 34.5 Å². The molecule has 0 bridgehead atoms. The Hall–Kier alpha value is -2.80. The van der Waals surface area contributed by atoms with Gasteiger partial charge in [-0.2, -0.15) is 0 Å². The molecule has 2 aromatic rings. The number of aliphatic hydroxyl groups excluding tert-OH is 1. The Kier molecular flexibility index (Phi) is 4.47. The minimum absolute atomic E-state index is 0.0336. The molecular weight excluding hydrogens is 292 g/mol. The number of fused-ring (bicyclic) bond motifs is 1. The summed E-state index contributed by atoms with van der Waals surface area (Å²) in [6.45, 7) is 0.204. The second-order valence-corrected chi connectivity index (χ2v) is 4.76. The smallest absolute Gasteiger partial charge is 0.200 e. The summed E-state index contributed by atoms with van der Waals surface area (Å²) in [5, 5.41) is 53.9. The van der Waals surface area contributed by atoms with Gasteiger partial charge in [-0.15, -0.1) is 0 Å². The van der Waals surface area contributed by atoms with E-state index in [0.717, 1.165) is 0 Å². The summed E-state index contributed by atoms with van der Waals surface area (Å²) >= 11 is 0. The van der Waals surface area contributed by atoms with Crippen LogP contribution in [0.15, 0.2) is 30.3 Å². The molecule has 6 N–H and O–H groups in total. The van der Waals surface area contributed by atoms with Gasteiger partial charge in [0, 0.05) is 24.1 Å². The number of aromatic hydroxyl groups is 5. The topological polar surface area (TPSA) is 131 Å². The van der Waals surface area contributed by atoms with E-state index >= 15 is 0 Å². The minimum atomic E-state index is -0.581. The summed E-state index contributed by atoms with van der Waals surface area (Å²) < 4.78 is 5.13. The lowest BCUT2D eigenvalue weighted by atomic mass is 10.0. The maximum atomic E-state index is 9.40. The van der Waals surface area contributed by atoms with Gasteiger partial charge in [-0.25, -0.2) is 0 Å². The Morgan fingerprint density at radius 2 is 1.55 bits per heavy atom. The van der Waals surface area contributed by atoms with E-state index in [-0.39, 0.29) is 29.6 Å². The van der Waals surface area contributed by atoms with Crippen LogP contribution in [-0.4, -0.2) is 43.4 Å². The van der Waals surface area contributed by atoms with Crippen molar-refractivity contribution >= 4 is 0 Å². The molecule has 1 heterocycles. The molecule has 0 aliphatic carbocycles. The summed E-state index contributed by atoms with van der Waals surface area (Å²) in [7, 11) is 0. The third-order valence-corrected chi connectivity index (χ3v) is 3.03. The van der Waals surface area contributed by atoms with Crippen LogP contribution in [0.4, 0.5) is 0 Å². The summed E-state index contributed by atoms with van der Waals surface area (Å²) in [6.07, 6.45) is -0.218. The number of aliphatic hydroxyl groups is 1. The Morgan fingerprint density at radius 3 is 2.14 bits per heavy atom. The molecular formula is C15H16O7. The standard InChI is InChI=1S/C9H10O4.C6H6O3/c10-5-2-8(12)7-1-6(11)4-13-9(7)3-5;7-4-2-1-3-5(8)6(4)9/h2-3,6,10-12H,1,4H2;1-3,7-9H/t6-;/m1./s1. The van der Waals surface area contributed by atoms with Crippen molar-refractivity contribution in [2.45, 2.75) is 12.5 Å². The van der Waals surface area contributed by atoms with Gasteiger partial charge >= 0.3 is 0 Å². The van der Waals surface area contributed by atoms with E-state index in [9.17, 15) is 10.2 Å². The number of para-hydroxylation sites is 1. The zero-order valence-electron chi connectivity index (χ0n) is 11.5. The van der Waals surface area contributed by atoms with Crippen molar-refractivity contribution in [1.82, 2.24) is 0 Å². The van der Waals surface area contributed by atoms with Gasteiger partial charge in [-0.1, -0.05) is 6.07 Å². The number of phenols is 5. The molecule has 0 amide bonds. The second-order valence-electron chi connectivity index (χ2n) is 4.76. The van der Waals surface area contributed by atoms with E-state index in [4.69, 9.17) is 25.2 Å². The van der Waals surface area contributed by atoms with Crippen LogP contribution in [0.2, 0.25) is 0 Å². The normalized spacial score (nSPS) is 16.0. The Bertz CT molecular complexity index is 649. The van der Waals surface area contributed by atoms with E-state index in [1.165, 1.54) is 30.3 Å². The van der Waals surface area contributed by atoms with Gasteiger partial charge < -0.3 is 35.4 Å². The fraction of sp³-hybridized carbons (Fsp3) is 0.200. The van der Waals surface area contributed by atoms with E-state index in [1.54, 1.807) is 0 Å². The van der Waals surface area contributed by atoms with Gasteiger partial charge in [0.25, 0.3) is 0 Å². The van der Waals surface area contributed by atoms with E-state index < -0.39 is 11.9 Å². The maximum absolute atomic E-state index is 9.40. The molecule has 0 fully saturated rings. The van der Waals surface area contributed by atoms with Gasteiger partial charge in [0.05, 0.1) is 6.10 Å². The lowest BCUT2D eigenvalue weighted by Crippen LogP contribution is -2.25. The molecule has 1 atom stereocenters. The second kappa shape index (κ2) is 6.31. The Balaban J connectivity index is 0.000000172. The molecule has 0 unspecified atom stereocenters. The van der Waals surface area contributed by atoms with E-state index in [0.29, 0.717) is 17.7 Å². The monoisotopic (exact) mass is 308 g/mol. The van der Waals surface area contributed by atoms with Gasteiger partial charge in [0.2, 0.25) is 0 Å². The molecule has 22 heavy (non-hydrogen) atoms. The van der Waals surface area contributed by atoms with Crippen molar-refractivity contribution < 1.29 is 35.4 Å². The first-order chi connectivity index (χ1) is 10.4. The van der Waals surface area contributed by atoms with Gasteiger partial charge in [0.1, 0.15) is 23.9 Å². The van der Waals surface area contributed by atoms with Crippen LogP contribution < -0.4 is 4.74 Å². The third-order valence-electron chi connectivity index (χ3n) is 3.03. The highest BCUT2D eigenvalue weighted by Gasteiger charge is 2.21. The highest BCUT2D eigenvalue weighted by atomic mass is 16.5. The quantitative estimate of drug-likeness (QED) is 0.403. The maximum Gasteiger partial charge on any atom is 0.200 e. The summed E-state index contributed by atoms with van der Waals surface area (Å²) in [5.74, 6) is -0.716. The zero-order valence-corrected chi connectivity index (χ0v) is 11.5. The SMILES string of the molecule is Oc1cc(O)c2c(c1)OC[C@H](O)C2.Oc1cccc(O)c1O. The fourth-order valence-corrected chi connectivity index (χ4v) is 1.95. The molecule has 0 saturated heterocycles. The zero-order chi connectivity index (χ0) is 16.3. The van der Waals surface area contributed by atoms with Crippen molar-refractivity contribution in [1.29, 1.82) is 0 Å². The number of ether oxygens (including phenoxy) is 1. The molecule has 3 rings (SSSR count). The largest absolute Gasteiger partial charge is 0.508 e. The summed E-state index contributed by atoms with van der Waals surface area (Å²) in [4.78, 5) is 0. The summed E-state index contributed by atoms with van der Waals surface area (Å²) in [6, 6.07) is 6.68.